The van der Waals surface area contributed by atoms with Crippen LogP contribution in [-0.4, -0.2) is 76.7 Å². The maximum absolute atomic E-state index is 17.1. The van der Waals surface area contributed by atoms with Crippen molar-refractivity contribution in [1.82, 2.24) is 14.9 Å². The molecule has 240 valence electrons. The highest BCUT2D eigenvalue weighted by Gasteiger charge is 2.49. The molecule has 0 bridgehead atoms. The van der Waals surface area contributed by atoms with Crippen LogP contribution in [0.2, 0.25) is 5.02 Å². The van der Waals surface area contributed by atoms with E-state index in [4.69, 9.17) is 31.8 Å². The van der Waals surface area contributed by atoms with Gasteiger partial charge in [0.2, 0.25) is 0 Å². The third-order valence-electron chi connectivity index (χ3n) is 10.1. The fraction of sp³-hybridized carbons (Fsp3) is 0.469. The molecule has 3 fully saturated rings. The van der Waals surface area contributed by atoms with Crippen LogP contribution >= 0.6 is 22.9 Å². The van der Waals surface area contributed by atoms with Gasteiger partial charge in [-0.15, -0.1) is 11.3 Å². The number of hydrogen-bond acceptors (Lipinski definition) is 10. The lowest BCUT2D eigenvalue weighted by atomic mass is 9.95. The highest BCUT2D eigenvalue weighted by atomic mass is 35.5. The van der Waals surface area contributed by atoms with E-state index in [0.29, 0.717) is 25.2 Å². The maximum Gasteiger partial charge on any atom is 0.319 e. The van der Waals surface area contributed by atoms with E-state index in [9.17, 15) is 19.1 Å². The molecule has 0 saturated carbocycles. The Hall–Kier alpha value is -3.57. The number of anilines is 2. The minimum absolute atomic E-state index is 0.0234. The topological polar surface area (TPSA) is 121 Å². The van der Waals surface area contributed by atoms with E-state index in [1.54, 1.807) is 0 Å². The first kappa shape index (κ1) is 29.8. The predicted octanol–water partition coefficient (Wildman–Crippen LogP) is 5.96. The maximum atomic E-state index is 17.1. The molecule has 0 spiro atoms. The Labute approximate surface area is 271 Å². The molecule has 4 aromatic rings. The van der Waals surface area contributed by atoms with E-state index < -0.39 is 23.3 Å². The number of benzene rings is 2. The van der Waals surface area contributed by atoms with Gasteiger partial charge in [0, 0.05) is 23.9 Å². The molecule has 0 amide bonds. The number of nitrogens with zero attached hydrogens (tertiary/aromatic N) is 5. The summed E-state index contributed by atoms with van der Waals surface area (Å²) in [5.41, 5.74) is 5.54. The highest BCUT2D eigenvalue weighted by molar-refractivity contribution is 7.23. The molecule has 4 aliphatic rings. The number of alkyl halides is 1. The molecule has 3 saturated heterocycles. The molecule has 3 N–H and O–H groups in total. The molecule has 14 heteroatoms. The van der Waals surface area contributed by atoms with Gasteiger partial charge in [-0.3, -0.25) is 4.90 Å². The molecule has 3 unspecified atom stereocenters. The van der Waals surface area contributed by atoms with E-state index in [-0.39, 0.29) is 91.4 Å². The summed E-state index contributed by atoms with van der Waals surface area (Å²) in [5, 5.41) is 20.7. The van der Waals surface area contributed by atoms with Crippen molar-refractivity contribution in [2.24, 2.45) is 0 Å². The summed E-state index contributed by atoms with van der Waals surface area (Å²) in [7, 11) is 0. The van der Waals surface area contributed by atoms with E-state index >= 15 is 4.39 Å². The summed E-state index contributed by atoms with van der Waals surface area (Å²) in [6.07, 6.45) is 3.37. The molecule has 6 heterocycles. The van der Waals surface area contributed by atoms with Gasteiger partial charge in [-0.25, -0.2) is 13.2 Å². The Balaban J connectivity index is 1.36. The highest BCUT2D eigenvalue weighted by Crippen LogP contribution is 2.52. The molecule has 46 heavy (non-hydrogen) atoms. The summed E-state index contributed by atoms with van der Waals surface area (Å²) in [6, 6.07) is 3.99. The van der Waals surface area contributed by atoms with Crippen molar-refractivity contribution >= 4 is 54.7 Å². The zero-order valence-electron chi connectivity index (χ0n) is 24.7. The van der Waals surface area contributed by atoms with Crippen molar-refractivity contribution in [2.75, 3.05) is 43.5 Å². The second kappa shape index (κ2) is 11.0. The lowest BCUT2D eigenvalue weighted by Gasteiger charge is -2.41. The minimum Gasteiger partial charge on any atom is -0.489 e. The van der Waals surface area contributed by atoms with Crippen LogP contribution in [0.5, 0.6) is 11.8 Å². The van der Waals surface area contributed by atoms with Crippen LogP contribution in [0, 0.1) is 23.0 Å². The number of piperidine rings is 1. The molecular weight excluding hydrogens is 641 g/mol. The number of hydrogen-bond donors (Lipinski definition) is 2. The Morgan fingerprint density at radius 1 is 1.24 bits per heavy atom. The van der Waals surface area contributed by atoms with Crippen molar-refractivity contribution < 1.29 is 27.8 Å². The SMILES string of the molecule is N#Cc1c(N)sc2c(F)ccc(-c3c(Cl)c4c5c(nc(OCC67CCCN6C[C@H](F)C7)nc5c3F)N3C(CO)CCCC3CO4)c12. The van der Waals surface area contributed by atoms with Crippen LogP contribution in [0.15, 0.2) is 12.1 Å². The van der Waals surface area contributed by atoms with Gasteiger partial charge in [0.15, 0.2) is 11.6 Å². The second-order valence-corrected chi connectivity index (χ2v) is 14.1. The predicted molar refractivity (Wildman–Crippen MR) is 169 cm³/mol. The van der Waals surface area contributed by atoms with Gasteiger partial charge in [0.1, 0.15) is 47.6 Å². The summed E-state index contributed by atoms with van der Waals surface area (Å²) in [6.45, 7) is 1.30. The largest absolute Gasteiger partial charge is 0.489 e. The van der Waals surface area contributed by atoms with Gasteiger partial charge in [-0.2, -0.15) is 15.2 Å². The smallest absolute Gasteiger partial charge is 0.319 e. The quantitative estimate of drug-likeness (QED) is 0.265. The van der Waals surface area contributed by atoms with Gasteiger partial charge in [0.25, 0.3) is 0 Å². The van der Waals surface area contributed by atoms with Crippen molar-refractivity contribution in [3.63, 3.8) is 0 Å². The third-order valence-corrected chi connectivity index (χ3v) is 11.5. The molecule has 4 atom stereocenters. The van der Waals surface area contributed by atoms with E-state index in [1.165, 1.54) is 12.1 Å². The Morgan fingerprint density at radius 2 is 2.09 bits per heavy atom. The van der Waals surface area contributed by atoms with Crippen LogP contribution in [0.3, 0.4) is 0 Å². The number of aliphatic hydroxyl groups is 1. The number of fused-ring (bicyclic) bond motifs is 4. The molecule has 0 radical (unpaired) electrons. The van der Waals surface area contributed by atoms with E-state index in [1.807, 2.05) is 11.0 Å². The number of aromatic nitrogens is 2. The number of halogens is 4. The lowest BCUT2D eigenvalue weighted by Crippen LogP contribution is -2.51. The van der Waals surface area contributed by atoms with Crippen molar-refractivity contribution in [2.45, 2.75) is 62.3 Å². The van der Waals surface area contributed by atoms with Crippen molar-refractivity contribution in [1.29, 1.82) is 5.26 Å². The zero-order valence-corrected chi connectivity index (χ0v) is 26.2. The monoisotopic (exact) mass is 670 g/mol. The van der Waals surface area contributed by atoms with E-state index in [0.717, 1.165) is 43.6 Å². The summed E-state index contributed by atoms with van der Waals surface area (Å²) < 4.78 is 59.2. The molecule has 9 nitrogen and oxygen atoms in total. The number of nitriles is 1. The molecule has 0 aliphatic carbocycles. The molecule has 2 aromatic heterocycles. The van der Waals surface area contributed by atoms with Crippen LogP contribution in [-0.2, 0) is 0 Å². The van der Waals surface area contributed by atoms with Gasteiger partial charge in [-0.1, -0.05) is 17.7 Å². The number of nitrogens with two attached hydrogens (primary N) is 1. The molecule has 4 aliphatic heterocycles. The minimum atomic E-state index is -0.954. The first-order chi connectivity index (χ1) is 22.2. The number of rotatable bonds is 5. The normalized spacial score (nSPS) is 25.7. The van der Waals surface area contributed by atoms with Gasteiger partial charge >= 0.3 is 6.01 Å². The molecular formula is C32H30ClF3N6O3S. The van der Waals surface area contributed by atoms with Gasteiger partial charge < -0.3 is 25.2 Å². The standard InChI is InChI=1S/C32H30ClF3N6O3S/c33-24-22(18-5-6-20(35)28-21(18)19(10-37)29(38)46-28)25(36)26-23-27(24)44-13-17-4-1-3-16(12-43)42(17)30(23)40-31(39-26)45-14-32-7-2-8-41(32)11-15(34)9-32/h5-6,15-17,43H,1-4,7-9,11-14,38H2/t15-,16?,17?,32?/m1/s1. The van der Waals surface area contributed by atoms with E-state index in [2.05, 4.69) is 9.88 Å². The average Bonchev–Trinajstić information content (AvgIpc) is 3.65. The fourth-order valence-electron chi connectivity index (χ4n) is 8.05. The van der Waals surface area contributed by atoms with Gasteiger partial charge in [0.05, 0.1) is 44.9 Å². The van der Waals surface area contributed by atoms with Crippen molar-refractivity contribution in [3.05, 3.63) is 34.4 Å². The average molecular weight is 671 g/mol. The van der Waals surface area contributed by atoms with Crippen LogP contribution in [0.4, 0.5) is 24.0 Å². The Kier molecular flexibility index (Phi) is 7.13. The number of nitrogen functional groups attached to an aromatic ring is 1. The second-order valence-electron chi connectivity index (χ2n) is 12.6. The summed E-state index contributed by atoms with van der Waals surface area (Å²) in [4.78, 5) is 13.4. The first-order valence-corrected chi connectivity index (χ1v) is 16.6. The fourth-order valence-corrected chi connectivity index (χ4v) is 9.33. The first-order valence-electron chi connectivity index (χ1n) is 15.4. The summed E-state index contributed by atoms with van der Waals surface area (Å²) >= 11 is 7.91. The van der Waals surface area contributed by atoms with Gasteiger partial charge in [-0.05, 0) is 50.3 Å². The van der Waals surface area contributed by atoms with Crippen LogP contribution in [0.1, 0.15) is 44.1 Å². The lowest BCUT2D eigenvalue weighted by molar-refractivity contribution is 0.107. The number of ether oxygens (including phenoxy) is 2. The van der Waals surface area contributed by atoms with Crippen molar-refractivity contribution in [3.8, 4) is 29.0 Å². The van der Waals surface area contributed by atoms with Crippen LogP contribution < -0.4 is 20.1 Å². The molecule has 2 aromatic carbocycles. The Bertz CT molecular complexity index is 1950. The number of aliphatic hydroxyl groups excluding tert-OH is 1. The summed E-state index contributed by atoms with van der Waals surface area (Å²) in [5.74, 6) is -0.945. The number of thiophene rings is 1. The third kappa shape index (κ3) is 4.33. The van der Waals surface area contributed by atoms with Crippen LogP contribution in [0.25, 0.3) is 32.1 Å². The zero-order chi connectivity index (χ0) is 31.9. The Morgan fingerprint density at radius 3 is 2.89 bits per heavy atom. The molecule has 8 rings (SSSR count).